The average Bonchev–Trinajstić information content (AvgIpc) is 3.30. The molecule has 0 amide bonds. The van der Waals surface area contributed by atoms with Gasteiger partial charge < -0.3 is 14.8 Å². The molecule has 0 atom stereocenters. The molecule has 4 nitrogen and oxygen atoms in total. The molecule has 30 heavy (non-hydrogen) atoms. The van der Waals surface area contributed by atoms with Crippen molar-refractivity contribution in [3.05, 3.63) is 76.5 Å². The van der Waals surface area contributed by atoms with E-state index in [0.29, 0.717) is 13.0 Å². The molecular weight excluding hydrogens is 394 g/mol. The molecule has 0 fully saturated rings. The molecule has 0 saturated carbocycles. The van der Waals surface area contributed by atoms with Crippen LogP contribution in [0, 0.1) is 0 Å². The number of carbonyl (C=O) groups is 1. The Labute approximate surface area is 182 Å². The van der Waals surface area contributed by atoms with Crippen molar-refractivity contribution in [3.8, 4) is 5.75 Å². The summed E-state index contributed by atoms with van der Waals surface area (Å²) in [6, 6.07) is 18.6. The summed E-state index contributed by atoms with van der Waals surface area (Å²) >= 11 is 1.76. The van der Waals surface area contributed by atoms with Gasteiger partial charge in [0.1, 0.15) is 12.4 Å². The lowest BCUT2D eigenvalue weighted by atomic mass is 10.1. The third-order valence-electron chi connectivity index (χ3n) is 4.89. The fourth-order valence-corrected chi connectivity index (χ4v) is 3.93. The van der Waals surface area contributed by atoms with Gasteiger partial charge in [0.05, 0.1) is 7.11 Å². The van der Waals surface area contributed by atoms with E-state index < -0.39 is 0 Å². The summed E-state index contributed by atoms with van der Waals surface area (Å²) in [5.74, 6) is 0.763. The highest BCUT2D eigenvalue weighted by molar-refractivity contribution is 7.09. The van der Waals surface area contributed by atoms with E-state index in [1.165, 1.54) is 22.9 Å². The molecule has 0 saturated heterocycles. The second-order valence-electron chi connectivity index (χ2n) is 7.13. The lowest BCUT2D eigenvalue weighted by Gasteiger charge is -2.13. The lowest BCUT2D eigenvalue weighted by molar-refractivity contribution is -0.140. The minimum atomic E-state index is -0.142. The fraction of sp³-hybridized carbons (Fsp3) is 0.320. The van der Waals surface area contributed by atoms with Crippen LogP contribution in [-0.2, 0) is 16.1 Å². The normalized spacial score (nSPS) is 11.6. The van der Waals surface area contributed by atoms with Crippen molar-refractivity contribution in [1.29, 1.82) is 0 Å². The molecule has 5 heteroatoms. The number of nitrogens with one attached hydrogen (secondary N) is 1. The van der Waals surface area contributed by atoms with Crippen molar-refractivity contribution >= 4 is 28.1 Å². The summed E-state index contributed by atoms with van der Waals surface area (Å²) in [5.41, 5.74) is 1.22. The van der Waals surface area contributed by atoms with Gasteiger partial charge in [-0.15, -0.1) is 11.3 Å². The number of thiophene rings is 1. The van der Waals surface area contributed by atoms with Crippen molar-refractivity contribution in [2.24, 2.45) is 0 Å². The minimum Gasteiger partial charge on any atom is -0.489 e. The Morgan fingerprint density at radius 1 is 1.07 bits per heavy atom. The van der Waals surface area contributed by atoms with Gasteiger partial charge in [0.15, 0.2) is 0 Å². The predicted octanol–water partition coefficient (Wildman–Crippen LogP) is 5.73. The molecular formula is C25H29NO3S. The maximum atomic E-state index is 11.3. The molecule has 1 aromatic heterocycles. The zero-order valence-corrected chi connectivity index (χ0v) is 18.3. The number of allylic oxidation sites excluding steroid dienone is 1. The number of hydrogen-bond donors (Lipinski definition) is 1. The van der Waals surface area contributed by atoms with E-state index in [4.69, 9.17) is 9.47 Å². The number of rotatable bonds is 12. The quantitative estimate of drug-likeness (QED) is 0.230. The van der Waals surface area contributed by atoms with Gasteiger partial charge in [-0.05, 0) is 47.7 Å². The second-order valence-corrected chi connectivity index (χ2v) is 8.17. The molecule has 3 rings (SSSR count). The maximum absolute atomic E-state index is 11.3. The molecule has 1 N–H and O–H groups in total. The molecule has 0 aliphatic carbocycles. The van der Waals surface area contributed by atoms with Gasteiger partial charge in [0.25, 0.3) is 0 Å². The van der Waals surface area contributed by atoms with Crippen LogP contribution in [0.15, 0.2) is 71.6 Å². The molecule has 1 heterocycles. The van der Waals surface area contributed by atoms with Crippen LogP contribution in [0.25, 0.3) is 10.8 Å². The smallest absolute Gasteiger partial charge is 0.305 e. The van der Waals surface area contributed by atoms with Crippen molar-refractivity contribution in [2.45, 2.75) is 32.2 Å². The van der Waals surface area contributed by atoms with E-state index >= 15 is 0 Å². The third-order valence-corrected chi connectivity index (χ3v) is 5.77. The fourth-order valence-electron chi connectivity index (χ4n) is 3.26. The van der Waals surface area contributed by atoms with Crippen molar-refractivity contribution in [1.82, 2.24) is 5.32 Å². The van der Waals surface area contributed by atoms with Crippen molar-refractivity contribution < 1.29 is 14.3 Å². The van der Waals surface area contributed by atoms with Gasteiger partial charge in [-0.2, -0.15) is 0 Å². The number of carbonyl (C=O) groups excluding carboxylic acids is 1. The molecule has 0 unspecified atom stereocenters. The van der Waals surface area contributed by atoms with Gasteiger partial charge in [0, 0.05) is 29.8 Å². The van der Waals surface area contributed by atoms with Gasteiger partial charge >= 0.3 is 5.97 Å². The topological polar surface area (TPSA) is 47.6 Å². The first-order valence-electron chi connectivity index (χ1n) is 10.3. The highest BCUT2D eigenvalue weighted by atomic mass is 32.1. The molecule has 3 aromatic rings. The highest BCUT2D eigenvalue weighted by Crippen LogP contribution is 2.25. The van der Waals surface area contributed by atoms with Gasteiger partial charge in [0.2, 0.25) is 0 Å². The first kappa shape index (κ1) is 22.1. The Hall–Kier alpha value is -2.63. The number of ether oxygens (including phenoxy) is 2. The van der Waals surface area contributed by atoms with Crippen LogP contribution in [-0.4, -0.2) is 26.2 Å². The largest absolute Gasteiger partial charge is 0.489 e. The van der Waals surface area contributed by atoms with E-state index in [2.05, 4.69) is 47.1 Å². The summed E-state index contributed by atoms with van der Waals surface area (Å²) < 4.78 is 10.9. The summed E-state index contributed by atoms with van der Waals surface area (Å²) in [6.07, 6.45) is 5.43. The number of methoxy groups -OCH3 is 1. The lowest BCUT2D eigenvalue weighted by Crippen LogP contribution is -2.19. The number of esters is 1. The van der Waals surface area contributed by atoms with Crippen LogP contribution >= 0.6 is 11.3 Å². The Morgan fingerprint density at radius 2 is 1.93 bits per heavy atom. The average molecular weight is 424 g/mol. The van der Waals surface area contributed by atoms with Crippen molar-refractivity contribution in [3.63, 3.8) is 0 Å². The number of benzene rings is 2. The summed E-state index contributed by atoms with van der Waals surface area (Å²) in [5, 5.41) is 7.92. The molecule has 2 aromatic carbocycles. The van der Waals surface area contributed by atoms with Crippen LogP contribution in [0.4, 0.5) is 0 Å². The van der Waals surface area contributed by atoms with Gasteiger partial charge in [-0.25, -0.2) is 0 Å². The molecule has 0 bridgehead atoms. The number of fused-ring (bicyclic) bond motifs is 1. The van der Waals surface area contributed by atoms with Crippen LogP contribution in [0.5, 0.6) is 5.75 Å². The first-order chi connectivity index (χ1) is 14.8. The second kappa shape index (κ2) is 12.2. The Bertz CT molecular complexity index is 945. The number of hydrogen-bond acceptors (Lipinski definition) is 5. The Kier molecular flexibility index (Phi) is 8.94. The predicted molar refractivity (Wildman–Crippen MR) is 124 cm³/mol. The monoisotopic (exact) mass is 423 g/mol. The molecule has 0 aliphatic heterocycles. The standard InChI is InChI=1S/C25H29NO3S/c1-28-25(27)15-4-2-3-9-20(17-26-18-22-12-8-16-30-22)19-29-24-14-7-11-21-10-5-6-13-23(21)24/h5-14,16,26H,2-4,15,17-19H2,1H3/b20-9-. The van der Waals surface area contributed by atoms with E-state index in [1.54, 1.807) is 11.3 Å². The molecule has 0 spiro atoms. The van der Waals surface area contributed by atoms with E-state index in [1.807, 2.05) is 24.3 Å². The van der Waals surface area contributed by atoms with Gasteiger partial charge in [-0.3, -0.25) is 4.79 Å². The summed E-state index contributed by atoms with van der Waals surface area (Å²) in [7, 11) is 1.43. The summed E-state index contributed by atoms with van der Waals surface area (Å²) in [6.45, 7) is 2.17. The highest BCUT2D eigenvalue weighted by Gasteiger charge is 2.05. The van der Waals surface area contributed by atoms with Crippen LogP contribution in [0.3, 0.4) is 0 Å². The first-order valence-corrected chi connectivity index (χ1v) is 11.2. The van der Waals surface area contributed by atoms with Crippen LogP contribution < -0.4 is 10.1 Å². The molecule has 158 valence electrons. The number of unbranched alkanes of at least 4 members (excludes halogenated alkanes) is 2. The summed E-state index contributed by atoms with van der Waals surface area (Å²) in [4.78, 5) is 12.6. The van der Waals surface area contributed by atoms with E-state index in [9.17, 15) is 4.79 Å². The van der Waals surface area contributed by atoms with Crippen molar-refractivity contribution in [2.75, 3.05) is 20.3 Å². The maximum Gasteiger partial charge on any atom is 0.305 e. The van der Waals surface area contributed by atoms with Crippen LogP contribution in [0.1, 0.15) is 30.6 Å². The SMILES string of the molecule is COC(=O)CCCC/C=C(/CNCc1cccs1)COc1cccc2ccccc12. The van der Waals surface area contributed by atoms with Gasteiger partial charge in [-0.1, -0.05) is 48.5 Å². The molecule has 0 radical (unpaired) electrons. The Morgan fingerprint density at radius 3 is 2.77 bits per heavy atom. The molecule has 0 aliphatic rings. The van der Waals surface area contributed by atoms with Crippen LogP contribution in [0.2, 0.25) is 0 Å². The third kappa shape index (κ3) is 7.01. The minimum absolute atomic E-state index is 0.142. The Balaban J connectivity index is 1.57. The zero-order valence-electron chi connectivity index (χ0n) is 17.4. The van der Waals surface area contributed by atoms with E-state index in [-0.39, 0.29) is 5.97 Å². The van der Waals surface area contributed by atoms with E-state index in [0.717, 1.165) is 43.5 Å². The zero-order chi connectivity index (χ0) is 21.0.